The topological polar surface area (TPSA) is 97.7 Å². The first kappa shape index (κ1) is 10.1. The van der Waals surface area contributed by atoms with Gasteiger partial charge >= 0.3 is 0 Å². The van der Waals surface area contributed by atoms with Crippen LogP contribution in [0.2, 0.25) is 0 Å². The number of hydrogen-bond donors (Lipinski definition) is 2. The van der Waals surface area contributed by atoms with Crippen LogP contribution in [0.4, 0.5) is 0 Å². The molecular weight excluding hydrogens is 152 g/mol. The molecule has 0 amide bonds. The fourth-order valence-electron chi connectivity index (χ4n) is 0.444. The second-order valence-electron chi connectivity index (χ2n) is 2.22. The number of aliphatic hydroxyl groups is 2. The Labute approximate surface area is 63.3 Å². The van der Waals surface area contributed by atoms with Crippen LogP contribution < -0.4 is 5.11 Å². The van der Waals surface area contributed by atoms with Crippen molar-refractivity contribution in [3.8, 4) is 0 Å². The number of carboxylic acid groups (broad SMARTS) is 1. The van der Waals surface area contributed by atoms with E-state index in [0.717, 1.165) is 0 Å². The van der Waals surface area contributed by atoms with E-state index in [1.54, 1.807) is 0 Å². The molecule has 0 saturated heterocycles. The quantitative estimate of drug-likeness (QED) is 0.442. The van der Waals surface area contributed by atoms with Gasteiger partial charge in [0.05, 0.1) is 12.2 Å². The van der Waals surface area contributed by atoms with Crippen LogP contribution in [0.5, 0.6) is 0 Å². The summed E-state index contributed by atoms with van der Waals surface area (Å²) >= 11 is 0. The molecule has 5 nitrogen and oxygen atoms in total. The summed E-state index contributed by atoms with van der Waals surface area (Å²) in [5, 5.41) is 27.2. The third-order valence-electron chi connectivity index (χ3n) is 1.18. The molecule has 64 valence electrons. The summed E-state index contributed by atoms with van der Waals surface area (Å²) in [4.78, 5) is 20.1. The molecule has 2 N–H and O–H groups in total. The Morgan fingerprint density at radius 2 is 1.91 bits per heavy atom. The highest BCUT2D eigenvalue weighted by Gasteiger charge is 2.15. The van der Waals surface area contributed by atoms with Crippen molar-refractivity contribution in [1.82, 2.24) is 0 Å². The van der Waals surface area contributed by atoms with Gasteiger partial charge in [0.15, 0.2) is 5.78 Å². The number of ketones is 1. The number of carbonyl (C=O) groups is 2. The number of hydrogen-bond acceptors (Lipinski definition) is 5. The Hall–Kier alpha value is -0.940. The molecule has 11 heavy (non-hydrogen) atoms. The van der Waals surface area contributed by atoms with Crippen LogP contribution >= 0.6 is 0 Å². The van der Waals surface area contributed by atoms with E-state index in [0.29, 0.717) is 0 Å². The fourth-order valence-corrected chi connectivity index (χ4v) is 0.444. The van der Waals surface area contributed by atoms with E-state index in [2.05, 4.69) is 0 Å². The Morgan fingerprint density at radius 1 is 1.45 bits per heavy atom. The van der Waals surface area contributed by atoms with Crippen molar-refractivity contribution in [2.24, 2.45) is 0 Å². The molecule has 0 spiro atoms. The highest BCUT2D eigenvalue weighted by molar-refractivity contribution is 6.31. The lowest BCUT2D eigenvalue weighted by molar-refractivity contribution is -0.300. The summed E-state index contributed by atoms with van der Waals surface area (Å²) in [5.41, 5.74) is 0. The summed E-state index contributed by atoms with van der Waals surface area (Å²) in [6.45, 7) is 1.26. The largest absolute Gasteiger partial charge is 0.542 e. The maximum atomic E-state index is 10.3. The van der Waals surface area contributed by atoms with Crippen molar-refractivity contribution in [1.29, 1.82) is 0 Å². The van der Waals surface area contributed by atoms with Crippen LogP contribution in [0.15, 0.2) is 0 Å². The Kier molecular flexibility index (Phi) is 3.70. The average Bonchev–Trinajstić information content (AvgIpc) is 1.87. The van der Waals surface area contributed by atoms with Crippen LogP contribution in [0.3, 0.4) is 0 Å². The van der Waals surface area contributed by atoms with Gasteiger partial charge in [0, 0.05) is 6.42 Å². The minimum absolute atomic E-state index is 0.611. The summed E-state index contributed by atoms with van der Waals surface area (Å²) < 4.78 is 0. The molecule has 0 radical (unpaired) electrons. The molecule has 0 aromatic rings. The van der Waals surface area contributed by atoms with E-state index < -0.39 is 30.4 Å². The van der Waals surface area contributed by atoms with Crippen molar-refractivity contribution >= 4 is 11.8 Å². The molecular formula is C6H9O5-. The van der Waals surface area contributed by atoms with Gasteiger partial charge in [-0.25, -0.2) is 0 Å². The van der Waals surface area contributed by atoms with E-state index in [1.165, 1.54) is 6.92 Å². The molecule has 5 heteroatoms. The number of carboxylic acids is 1. The molecule has 2 atom stereocenters. The zero-order chi connectivity index (χ0) is 9.02. The summed E-state index contributed by atoms with van der Waals surface area (Å²) in [5.74, 6) is -3.05. The monoisotopic (exact) mass is 161 g/mol. The van der Waals surface area contributed by atoms with E-state index >= 15 is 0 Å². The van der Waals surface area contributed by atoms with Gasteiger partial charge in [-0.05, 0) is 6.92 Å². The van der Waals surface area contributed by atoms with E-state index in [1.807, 2.05) is 0 Å². The van der Waals surface area contributed by atoms with Crippen molar-refractivity contribution in [3.63, 3.8) is 0 Å². The summed E-state index contributed by atoms with van der Waals surface area (Å²) in [6, 6.07) is 0. The van der Waals surface area contributed by atoms with Crippen molar-refractivity contribution < 1.29 is 24.9 Å². The average molecular weight is 161 g/mol. The lowest BCUT2D eigenvalue weighted by Crippen LogP contribution is -2.36. The minimum Gasteiger partial charge on any atom is -0.542 e. The molecule has 0 bridgehead atoms. The van der Waals surface area contributed by atoms with E-state index in [-0.39, 0.29) is 0 Å². The first-order valence-electron chi connectivity index (χ1n) is 3.05. The van der Waals surface area contributed by atoms with Crippen LogP contribution in [0.1, 0.15) is 13.3 Å². The predicted molar refractivity (Wildman–Crippen MR) is 32.3 cm³/mol. The zero-order valence-electron chi connectivity index (χ0n) is 5.98. The summed E-state index contributed by atoms with van der Waals surface area (Å²) in [6.07, 6.45) is -3.06. The number of aliphatic hydroxyl groups excluding tert-OH is 2. The van der Waals surface area contributed by atoms with Crippen molar-refractivity contribution in [3.05, 3.63) is 0 Å². The van der Waals surface area contributed by atoms with Gasteiger partial charge in [-0.2, -0.15) is 0 Å². The molecule has 0 rings (SSSR count). The smallest absolute Gasteiger partial charge is 0.180 e. The minimum atomic E-state index is -1.84. The highest BCUT2D eigenvalue weighted by atomic mass is 16.4. The Balaban J connectivity index is 3.85. The van der Waals surface area contributed by atoms with E-state index in [9.17, 15) is 14.7 Å². The first-order valence-corrected chi connectivity index (χ1v) is 3.05. The van der Waals surface area contributed by atoms with Crippen molar-refractivity contribution in [2.75, 3.05) is 0 Å². The number of carbonyl (C=O) groups excluding carboxylic acids is 2. The lowest BCUT2D eigenvalue weighted by atomic mass is 10.1. The number of Topliss-reactive ketones (excluding diaryl/α,β-unsaturated/α-hetero) is 1. The number of aliphatic carboxylic acids is 1. The van der Waals surface area contributed by atoms with Gasteiger partial charge in [-0.1, -0.05) is 0 Å². The third kappa shape index (κ3) is 3.69. The normalized spacial score (nSPS) is 15.5. The van der Waals surface area contributed by atoms with Gasteiger partial charge in [0.2, 0.25) is 0 Å². The molecule has 0 heterocycles. The standard InChI is InChI=1S/C6H10O5/c1-3(7)4(8)2-5(9)6(10)11/h3-4,7-8H,2H2,1H3,(H,10,11)/p-1/t3-,4+/m0/s1. The molecule has 0 aliphatic carbocycles. The Bertz CT molecular complexity index is 162. The molecule has 0 aliphatic heterocycles. The number of rotatable bonds is 4. The predicted octanol–water partition coefficient (Wildman–Crippen LogP) is -2.56. The maximum Gasteiger partial charge on any atom is 0.180 e. The molecule has 0 saturated carbocycles. The van der Waals surface area contributed by atoms with Crippen LogP contribution in [-0.4, -0.2) is 34.2 Å². The van der Waals surface area contributed by atoms with Gasteiger partial charge in [-0.15, -0.1) is 0 Å². The van der Waals surface area contributed by atoms with Crippen molar-refractivity contribution in [2.45, 2.75) is 25.6 Å². The van der Waals surface area contributed by atoms with Gasteiger partial charge in [0.1, 0.15) is 5.97 Å². The van der Waals surface area contributed by atoms with Gasteiger partial charge in [0.25, 0.3) is 0 Å². The van der Waals surface area contributed by atoms with Crippen LogP contribution in [-0.2, 0) is 9.59 Å². The molecule has 0 aromatic heterocycles. The zero-order valence-corrected chi connectivity index (χ0v) is 5.98. The maximum absolute atomic E-state index is 10.3. The Morgan fingerprint density at radius 3 is 2.18 bits per heavy atom. The van der Waals surface area contributed by atoms with Gasteiger partial charge < -0.3 is 20.1 Å². The second kappa shape index (κ2) is 4.05. The molecule has 0 unspecified atom stereocenters. The summed E-state index contributed by atoms with van der Waals surface area (Å²) in [7, 11) is 0. The van der Waals surface area contributed by atoms with E-state index in [4.69, 9.17) is 10.2 Å². The molecule has 0 aromatic carbocycles. The van der Waals surface area contributed by atoms with Gasteiger partial charge in [-0.3, -0.25) is 4.79 Å². The third-order valence-corrected chi connectivity index (χ3v) is 1.18. The molecule has 0 fully saturated rings. The second-order valence-corrected chi connectivity index (χ2v) is 2.22. The van der Waals surface area contributed by atoms with Crippen LogP contribution in [0, 0.1) is 0 Å². The highest BCUT2D eigenvalue weighted by Crippen LogP contribution is 1.98. The first-order chi connectivity index (χ1) is 4.95. The molecule has 0 aliphatic rings. The fraction of sp³-hybridized carbons (Fsp3) is 0.667. The lowest BCUT2D eigenvalue weighted by Gasteiger charge is -2.12. The van der Waals surface area contributed by atoms with Crippen LogP contribution in [0.25, 0.3) is 0 Å². The SMILES string of the molecule is C[C@H](O)[C@H](O)CC(=O)C(=O)[O-].